The van der Waals surface area contributed by atoms with Crippen molar-refractivity contribution in [2.45, 2.75) is 20.0 Å². The number of hydrogen-bond donors (Lipinski definition) is 2. The number of nitrogens with two attached hydrogens (primary N) is 1. The molecule has 0 aromatic heterocycles. The molecule has 8 heteroatoms. The fraction of sp³-hybridized carbons (Fsp3) is 0.400. The van der Waals surface area contributed by atoms with Crippen LogP contribution < -0.4 is 20.5 Å². The molecule has 1 aromatic rings. The van der Waals surface area contributed by atoms with Crippen LogP contribution >= 0.6 is 0 Å². The van der Waals surface area contributed by atoms with Crippen LogP contribution in [0.3, 0.4) is 0 Å². The Hall–Kier alpha value is -2.77. The molecule has 126 valence electrons. The lowest BCUT2D eigenvalue weighted by Crippen LogP contribution is -2.45. The maximum Gasteiger partial charge on any atom is 0.342 e. The molecule has 3 N–H and O–H groups in total. The van der Waals surface area contributed by atoms with Gasteiger partial charge in [-0.2, -0.15) is 0 Å². The molecule has 0 saturated carbocycles. The number of urea groups is 1. The molecule has 0 bridgehead atoms. The summed E-state index contributed by atoms with van der Waals surface area (Å²) >= 11 is 0. The number of imide groups is 1. The number of carbonyl (C=O) groups excluding carboxylic acids is 3. The van der Waals surface area contributed by atoms with Crippen molar-refractivity contribution in [2.75, 3.05) is 14.2 Å². The first-order chi connectivity index (χ1) is 10.8. The zero-order chi connectivity index (χ0) is 17.6. The molecule has 0 aliphatic rings. The highest BCUT2D eigenvalue weighted by Gasteiger charge is 2.29. The summed E-state index contributed by atoms with van der Waals surface area (Å²) in [6.07, 6.45) is -1.16. The largest absolute Gasteiger partial charge is 0.497 e. The van der Waals surface area contributed by atoms with Gasteiger partial charge in [0.15, 0.2) is 6.10 Å². The van der Waals surface area contributed by atoms with Crippen molar-refractivity contribution in [3.05, 3.63) is 23.8 Å². The number of carbonyl (C=O) groups is 3. The Morgan fingerprint density at radius 2 is 1.78 bits per heavy atom. The number of esters is 1. The van der Waals surface area contributed by atoms with Gasteiger partial charge in [-0.1, -0.05) is 13.8 Å². The van der Waals surface area contributed by atoms with E-state index in [1.807, 2.05) is 5.32 Å². The van der Waals surface area contributed by atoms with Crippen molar-refractivity contribution in [1.82, 2.24) is 5.32 Å². The van der Waals surface area contributed by atoms with Gasteiger partial charge in [-0.05, 0) is 18.1 Å². The van der Waals surface area contributed by atoms with E-state index in [1.165, 1.54) is 26.4 Å². The number of amides is 3. The number of ether oxygens (including phenoxy) is 3. The van der Waals surface area contributed by atoms with Crippen LogP contribution in [0.15, 0.2) is 18.2 Å². The number of hydrogen-bond acceptors (Lipinski definition) is 6. The lowest BCUT2D eigenvalue weighted by Gasteiger charge is -2.20. The van der Waals surface area contributed by atoms with Crippen LogP contribution in [0.1, 0.15) is 24.2 Å². The van der Waals surface area contributed by atoms with Crippen molar-refractivity contribution < 1.29 is 28.6 Å². The van der Waals surface area contributed by atoms with Crippen LogP contribution in [0, 0.1) is 5.92 Å². The van der Waals surface area contributed by atoms with Crippen molar-refractivity contribution in [3.8, 4) is 11.5 Å². The molecule has 3 amide bonds. The summed E-state index contributed by atoms with van der Waals surface area (Å²) in [6.45, 7) is 3.34. The van der Waals surface area contributed by atoms with Gasteiger partial charge in [-0.3, -0.25) is 10.1 Å². The van der Waals surface area contributed by atoms with Crippen LogP contribution in [0.25, 0.3) is 0 Å². The van der Waals surface area contributed by atoms with E-state index >= 15 is 0 Å². The van der Waals surface area contributed by atoms with Gasteiger partial charge in [0.2, 0.25) is 0 Å². The Kier molecular flexibility index (Phi) is 6.37. The van der Waals surface area contributed by atoms with Crippen molar-refractivity contribution >= 4 is 17.9 Å². The highest BCUT2D eigenvalue weighted by molar-refractivity contribution is 5.99. The SMILES string of the molecule is COc1ccc(C(=O)O[C@@H](C(=O)NC(N)=O)C(C)C)c(OC)c1. The van der Waals surface area contributed by atoms with Gasteiger partial charge in [0.25, 0.3) is 5.91 Å². The Labute approximate surface area is 133 Å². The summed E-state index contributed by atoms with van der Waals surface area (Å²) in [5.74, 6) is -1.16. The number of methoxy groups -OCH3 is 2. The molecular formula is C15H20N2O6. The lowest BCUT2D eigenvalue weighted by molar-refractivity contribution is -0.130. The summed E-state index contributed by atoms with van der Waals surface area (Å²) in [4.78, 5) is 34.9. The summed E-state index contributed by atoms with van der Waals surface area (Å²) < 4.78 is 15.4. The van der Waals surface area contributed by atoms with Crippen LogP contribution in [0.4, 0.5) is 4.79 Å². The Morgan fingerprint density at radius 1 is 1.13 bits per heavy atom. The zero-order valence-electron chi connectivity index (χ0n) is 13.4. The van der Waals surface area contributed by atoms with E-state index in [2.05, 4.69) is 0 Å². The third-order valence-electron chi connectivity index (χ3n) is 2.97. The molecule has 1 rings (SSSR count). The summed E-state index contributed by atoms with van der Waals surface area (Å²) in [5.41, 5.74) is 5.04. The maximum absolute atomic E-state index is 12.3. The predicted octanol–water partition coefficient (Wildman–Crippen LogP) is 1.08. The van der Waals surface area contributed by atoms with Gasteiger partial charge in [0.05, 0.1) is 14.2 Å². The first-order valence-corrected chi connectivity index (χ1v) is 6.83. The van der Waals surface area contributed by atoms with Crippen molar-refractivity contribution in [3.63, 3.8) is 0 Å². The second-order valence-corrected chi connectivity index (χ2v) is 4.99. The van der Waals surface area contributed by atoms with Crippen LogP contribution in [-0.2, 0) is 9.53 Å². The minimum atomic E-state index is -1.16. The number of primary amides is 1. The van der Waals surface area contributed by atoms with Crippen LogP contribution in [0.5, 0.6) is 11.5 Å². The zero-order valence-corrected chi connectivity index (χ0v) is 13.4. The van der Waals surface area contributed by atoms with Crippen LogP contribution in [0.2, 0.25) is 0 Å². The minimum Gasteiger partial charge on any atom is -0.497 e. The quantitative estimate of drug-likeness (QED) is 0.756. The second kappa shape index (κ2) is 8.02. The van der Waals surface area contributed by atoms with E-state index in [-0.39, 0.29) is 17.2 Å². The summed E-state index contributed by atoms with van der Waals surface area (Å²) in [5, 5.41) is 1.90. The summed E-state index contributed by atoms with van der Waals surface area (Å²) in [7, 11) is 2.88. The lowest BCUT2D eigenvalue weighted by atomic mass is 10.1. The predicted molar refractivity (Wildman–Crippen MR) is 81.3 cm³/mol. The van der Waals surface area contributed by atoms with Crippen LogP contribution in [-0.4, -0.2) is 38.2 Å². The summed E-state index contributed by atoms with van der Waals surface area (Å²) in [6, 6.07) is 3.53. The first-order valence-electron chi connectivity index (χ1n) is 6.83. The standard InChI is InChI=1S/C15H20N2O6/c1-8(2)12(13(18)17-15(16)20)23-14(19)10-6-5-9(21-3)7-11(10)22-4/h5-8,12H,1-4H3,(H3,16,17,18,20)/t12-/m1/s1. The van der Waals surface area contributed by atoms with Gasteiger partial charge in [-0.15, -0.1) is 0 Å². The topological polar surface area (TPSA) is 117 Å². The van der Waals surface area contributed by atoms with Gasteiger partial charge in [0, 0.05) is 6.07 Å². The van der Waals surface area contributed by atoms with E-state index < -0.39 is 24.0 Å². The molecule has 0 saturated heterocycles. The average molecular weight is 324 g/mol. The molecule has 0 aliphatic heterocycles. The van der Waals surface area contributed by atoms with Crippen molar-refractivity contribution in [1.29, 1.82) is 0 Å². The molecular weight excluding hydrogens is 304 g/mol. The van der Waals surface area contributed by atoms with E-state index in [0.29, 0.717) is 5.75 Å². The maximum atomic E-state index is 12.3. The number of nitrogens with one attached hydrogen (secondary N) is 1. The molecule has 0 unspecified atom stereocenters. The number of benzene rings is 1. The molecule has 0 aliphatic carbocycles. The highest BCUT2D eigenvalue weighted by Crippen LogP contribution is 2.26. The molecule has 8 nitrogen and oxygen atoms in total. The minimum absolute atomic E-state index is 0.130. The molecule has 0 spiro atoms. The first kappa shape index (κ1) is 18.3. The van der Waals surface area contributed by atoms with E-state index in [4.69, 9.17) is 19.9 Å². The van der Waals surface area contributed by atoms with E-state index in [0.717, 1.165) is 0 Å². The van der Waals surface area contributed by atoms with Gasteiger partial charge >= 0.3 is 12.0 Å². The van der Waals surface area contributed by atoms with Crippen molar-refractivity contribution in [2.24, 2.45) is 11.7 Å². The fourth-order valence-electron chi connectivity index (χ4n) is 1.83. The smallest absolute Gasteiger partial charge is 0.342 e. The Bertz CT molecular complexity index is 600. The second-order valence-electron chi connectivity index (χ2n) is 4.99. The molecule has 0 radical (unpaired) electrons. The third kappa shape index (κ3) is 4.87. The van der Waals surface area contributed by atoms with E-state index in [1.54, 1.807) is 19.9 Å². The van der Waals surface area contributed by atoms with Gasteiger partial charge in [-0.25, -0.2) is 9.59 Å². The molecule has 1 atom stereocenters. The highest BCUT2D eigenvalue weighted by atomic mass is 16.6. The molecule has 0 fully saturated rings. The Morgan fingerprint density at radius 3 is 2.26 bits per heavy atom. The molecule has 23 heavy (non-hydrogen) atoms. The third-order valence-corrected chi connectivity index (χ3v) is 2.97. The normalized spacial score (nSPS) is 11.5. The molecule has 1 aromatic carbocycles. The average Bonchev–Trinajstić information content (AvgIpc) is 2.50. The van der Waals surface area contributed by atoms with E-state index in [9.17, 15) is 14.4 Å². The molecule has 0 heterocycles. The Balaban J connectivity index is 2.99. The number of rotatable bonds is 6. The van der Waals surface area contributed by atoms with Gasteiger partial charge < -0.3 is 19.9 Å². The fourth-order valence-corrected chi connectivity index (χ4v) is 1.83. The monoisotopic (exact) mass is 324 g/mol. The van der Waals surface area contributed by atoms with Gasteiger partial charge in [0.1, 0.15) is 17.1 Å².